The van der Waals surface area contributed by atoms with Gasteiger partial charge in [0, 0.05) is 23.6 Å². The Morgan fingerprint density at radius 2 is 1.71 bits per heavy atom. The molecule has 2 aromatic heterocycles. The average Bonchev–Trinajstić information content (AvgIpc) is 3.29. The molecule has 182 valence electrons. The highest BCUT2D eigenvalue weighted by Gasteiger charge is 2.21. The second-order valence-electron chi connectivity index (χ2n) is 9.28. The molecule has 8 heteroatoms. The Kier molecular flexibility index (Phi) is 6.73. The van der Waals surface area contributed by atoms with E-state index >= 15 is 0 Å². The van der Waals surface area contributed by atoms with Crippen molar-refractivity contribution in [3.63, 3.8) is 0 Å². The molecular weight excluding hydrogens is 447 g/mol. The zero-order valence-electron chi connectivity index (χ0n) is 20.6. The van der Waals surface area contributed by atoms with Crippen LogP contribution in [-0.4, -0.2) is 41.3 Å². The maximum absolute atomic E-state index is 13.5. The van der Waals surface area contributed by atoms with Crippen molar-refractivity contribution in [2.45, 2.75) is 32.6 Å². The first-order valence-corrected chi connectivity index (χ1v) is 11.4. The predicted molar refractivity (Wildman–Crippen MR) is 133 cm³/mol. The molecule has 0 unspecified atom stereocenters. The van der Waals surface area contributed by atoms with E-state index in [-0.39, 0.29) is 22.8 Å². The Hall–Kier alpha value is -3.94. The third kappa shape index (κ3) is 5.26. The number of hydrogen-bond donors (Lipinski definition) is 1. The van der Waals surface area contributed by atoms with Crippen molar-refractivity contribution in [2.24, 2.45) is 0 Å². The monoisotopic (exact) mass is 476 g/mol. The summed E-state index contributed by atoms with van der Waals surface area (Å²) in [5.74, 6) is 0.669. The highest BCUT2D eigenvalue weighted by Crippen LogP contribution is 2.28. The molecule has 0 atom stereocenters. The first-order chi connectivity index (χ1) is 16.7. The number of rotatable bonds is 7. The molecule has 7 nitrogen and oxygen atoms in total. The number of fused-ring (bicyclic) bond motifs is 1. The van der Waals surface area contributed by atoms with Crippen LogP contribution in [0, 0.1) is 5.82 Å². The average molecular weight is 477 g/mol. The quantitative estimate of drug-likeness (QED) is 0.414. The zero-order chi connectivity index (χ0) is 25.2. The van der Waals surface area contributed by atoms with Gasteiger partial charge in [-0.1, -0.05) is 26.8 Å². The minimum Gasteiger partial charge on any atom is -0.493 e. The third-order valence-electron chi connectivity index (χ3n) is 5.72. The molecule has 1 N–H and O–H groups in total. The van der Waals surface area contributed by atoms with Crippen LogP contribution < -0.4 is 14.8 Å². The summed E-state index contributed by atoms with van der Waals surface area (Å²) in [6.45, 7) is 6.61. The van der Waals surface area contributed by atoms with Gasteiger partial charge in [-0.3, -0.25) is 4.79 Å². The maximum Gasteiger partial charge on any atom is 0.270 e. The molecule has 0 aliphatic carbocycles. The number of benzene rings is 2. The molecule has 0 fully saturated rings. The Bertz CT molecular complexity index is 1360. The van der Waals surface area contributed by atoms with Crippen molar-refractivity contribution >= 4 is 11.6 Å². The fourth-order valence-electron chi connectivity index (χ4n) is 3.73. The van der Waals surface area contributed by atoms with Crippen LogP contribution in [0.5, 0.6) is 11.5 Å². The number of carbonyl (C=O) groups is 1. The van der Waals surface area contributed by atoms with Crippen molar-refractivity contribution in [1.82, 2.24) is 19.9 Å². The standard InChI is InChI=1S/C27H29FN4O3/c1-27(2,3)24-16-25-30-20(15-21(32(25)31-24)18-7-9-19(28)10-8-18)26(33)29-13-12-17-6-11-22(34-4)23(14-17)35-5/h6-11,14-16H,12-13H2,1-5H3,(H,29,33). The van der Waals surface area contributed by atoms with Crippen LogP contribution in [0.25, 0.3) is 16.9 Å². The van der Waals surface area contributed by atoms with Crippen LogP contribution in [0.4, 0.5) is 4.39 Å². The topological polar surface area (TPSA) is 77.8 Å². The molecule has 1 amide bonds. The molecule has 4 aromatic rings. The van der Waals surface area contributed by atoms with Gasteiger partial charge in [-0.2, -0.15) is 5.10 Å². The molecule has 0 aliphatic rings. The smallest absolute Gasteiger partial charge is 0.270 e. The first-order valence-electron chi connectivity index (χ1n) is 11.4. The van der Waals surface area contributed by atoms with Crippen molar-refractivity contribution in [2.75, 3.05) is 20.8 Å². The molecule has 0 radical (unpaired) electrons. The third-order valence-corrected chi connectivity index (χ3v) is 5.72. The lowest BCUT2D eigenvalue weighted by Crippen LogP contribution is -2.27. The number of ether oxygens (including phenoxy) is 2. The fourth-order valence-corrected chi connectivity index (χ4v) is 3.73. The second-order valence-corrected chi connectivity index (χ2v) is 9.28. The van der Waals surface area contributed by atoms with Crippen LogP contribution in [0.15, 0.2) is 54.6 Å². The van der Waals surface area contributed by atoms with E-state index in [4.69, 9.17) is 14.6 Å². The van der Waals surface area contributed by atoms with Crippen molar-refractivity contribution in [3.05, 3.63) is 77.4 Å². The summed E-state index contributed by atoms with van der Waals surface area (Å²) >= 11 is 0. The number of amides is 1. The van der Waals surface area contributed by atoms with Gasteiger partial charge in [0.05, 0.1) is 25.6 Å². The fraction of sp³-hybridized carbons (Fsp3) is 0.296. The Labute approximate surface area is 203 Å². The Morgan fingerprint density at radius 3 is 2.37 bits per heavy atom. The minimum absolute atomic E-state index is 0.199. The number of aromatic nitrogens is 3. The number of hydrogen-bond acceptors (Lipinski definition) is 5. The molecule has 4 rings (SSSR count). The lowest BCUT2D eigenvalue weighted by atomic mass is 9.93. The van der Waals surface area contributed by atoms with Gasteiger partial charge < -0.3 is 14.8 Å². The van der Waals surface area contributed by atoms with Crippen LogP contribution in [0.3, 0.4) is 0 Å². The SMILES string of the molecule is COc1ccc(CCNC(=O)c2cc(-c3ccc(F)cc3)n3nc(C(C)(C)C)cc3n2)cc1OC. The van der Waals surface area contributed by atoms with E-state index in [1.165, 1.54) is 12.1 Å². The van der Waals surface area contributed by atoms with Gasteiger partial charge in [0.1, 0.15) is 11.5 Å². The lowest BCUT2D eigenvalue weighted by Gasteiger charge is -2.13. The van der Waals surface area contributed by atoms with E-state index < -0.39 is 0 Å². The summed E-state index contributed by atoms with van der Waals surface area (Å²) < 4.78 is 25.9. The largest absolute Gasteiger partial charge is 0.493 e. The van der Waals surface area contributed by atoms with E-state index in [2.05, 4.69) is 31.1 Å². The number of nitrogens with zero attached hydrogens (tertiary/aromatic N) is 3. The normalized spacial score (nSPS) is 11.5. The molecule has 0 spiro atoms. The number of nitrogens with one attached hydrogen (secondary N) is 1. The molecule has 0 bridgehead atoms. The summed E-state index contributed by atoms with van der Waals surface area (Å²) in [5.41, 5.74) is 3.88. The first kappa shape index (κ1) is 24.2. The molecule has 35 heavy (non-hydrogen) atoms. The van der Waals surface area contributed by atoms with E-state index in [1.807, 2.05) is 24.3 Å². The molecule has 2 heterocycles. The highest BCUT2D eigenvalue weighted by atomic mass is 19.1. The highest BCUT2D eigenvalue weighted by molar-refractivity contribution is 5.94. The number of halogens is 1. The Balaban J connectivity index is 1.60. The summed E-state index contributed by atoms with van der Waals surface area (Å²) in [6, 6.07) is 15.3. The second kappa shape index (κ2) is 9.74. The van der Waals surface area contributed by atoms with Crippen LogP contribution in [-0.2, 0) is 11.8 Å². The van der Waals surface area contributed by atoms with Crippen LogP contribution >= 0.6 is 0 Å². The van der Waals surface area contributed by atoms with Gasteiger partial charge >= 0.3 is 0 Å². The van der Waals surface area contributed by atoms with E-state index in [1.54, 1.807) is 36.9 Å². The molecular formula is C27H29FN4O3. The van der Waals surface area contributed by atoms with Crippen LogP contribution in [0.1, 0.15) is 42.5 Å². The summed E-state index contributed by atoms with van der Waals surface area (Å²) in [6.07, 6.45) is 0.611. The summed E-state index contributed by atoms with van der Waals surface area (Å²) in [7, 11) is 3.18. The Morgan fingerprint density at radius 1 is 1.00 bits per heavy atom. The van der Waals surface area contributed by atoms with Crippen molar-refractivity contribution < 1.29 is 18.7 Å². The lowest BCUT2D eigenvalue weighted by molar-refractivity contribution is 0.0949. The summed E-state index contributed by atoms with van der Waals surface area (Å²) in [5, 5.41) is 7.66. The number of carbonyl (C=O) groups excluding carboxylic acids is 1. The molecule has 0 saturated carbocycles. The van der Waals surface area contributed by atoms with Gasteiger partial charge in [-0.25, -0.2) is 13.9 Å². The van der Waals surface area contributed by atoms with E-state index in [0.29, 0.717) is 35.8 Å². The predicted octanol–water partition coefficient (Wildman–Crippen LogP) is 4.82. The van der Waals surface area contributed by atoms with Gasteiger partial charge in [-0.15, -0.1) is 0 Å². The van der Waals surface area contributed by atoms with E-state index in [0.717, 1.165) is 16.8 Å². The summed E-state index contributed by atoms with van der Waals surface area (Å²) in [4.78, 5) is 17.6. The van der Waals surface area contributed by atoms with Crippen LogP contribution in [0.2, 0.25) is 0 Å². The van der Waals surface area contributed by atoms with Gasteiger partial charge in [0.15, 0.2) is 17.1 Å². The maximum atomic E-state index is 13.5. The molecule has 0 aliphatic heterocycles. The van der Waals surface area contributed by atoms with Crippen molar-refractivity contribution in [1.29, 1.82) is 0 Å². The minimum atomic E-state index is -0.331. The molecule has 2 aromatic carbocycles. The number of methoxy groups -OCH3 is 2. The molecule has 0 saturated heterocycles. The van der Waals surface area contributed by atoms with E-state index in [9.17, 15) is 9.18 Å². The van der Waals surface area contributed by atoms with Gasteiger partial charge in [-0.05, 0) is 54.4 Å². The van der Waals surface area contributed by atoms with Gasteiger partial charge in [0.2, 0.25) is 0 Å². The van der Waals surface area contributed by atoms with Crippen molar-refractivity contribution in [3.8, 4) is 22.8 Å². The van der Waals surface area contributed by atoms with Gasteiger partial charge in [0.25, 0.3) is 5.91 Å². The zero-order valence-corrected chi connectivity index (χ0v) is 20.6.